The minimum Gasteiger partial charge on any atom is -0.310 e. The molecule has 1 aliphatic rings. The van der Waals surface area contributed by atoms with Crippen LogP contribution in [0.2, 0.25) is 0 Å². The van der Waals surface area contributed by atoms with E-state index in [9.17, 15) is 0 Å². The van der Waals surface area contributed by atoms with Gasteiger partial charge in [0.25, 0.3) is 0 Å². The fraction of sp³-hybridized carbons (Fsp3) is 0.471. The van der Waals surface area contributed by atoms with Gasteiger partial charge in [-0.2, -0.15) is 5.10 Å². The van der Waals surface area contributed by atoms with Crippen LogP contribution >= 0.6 is 11.8 Å². The molecule has 1 aliphatic carbocycles. The minimum absolute atomic E-state index is 0.775. The molecule has 0 aliphatic heterocycles. The Morgan fingerprint density at radius 2 is 2.05 bits per heavy atom. The highest BCUT2D eigenvalue weighted by molar-refractivity contribution is 7.98. The Kier molecular flexibility index (Phi) is 4.66. The number of hydrogen-bond donors (Lipinski definition) is 1. The summed E-state index contributed by atoms with van der Waals surface area (Å²) >= 11 is 1.88. The molecule has 3 nitrogen and oxygen atoms in total. The predicted molar refractivity (Wildman–Crippen MR) is 88.5 cm³/mol. The van der Waals surface area contributed by atoms with E-state index in [0.717, 1.165) is 30.6 Å². The van der Waals surface area contributed by atoms with Crippen molar-refractivity contribution in [2.24, 2.45) is 0 Å². The van der Waals surface area contributed by atoms with Crippen LogP contribution in [0.4, 0.5) is 0 Å². The lowest BCUT2D eigenvalue weighted by Gasteiger charge is -2.06. The molecule has 0 saturated heterocycles. The van der Waals surface area contributed by atoms with Gasteiger partial charge in [-0.25, -0.2) is 0 Å². The van der Waals surface area contributed by atoms with Crippen molar-refractivity contribution in [1.29, 1.82) is 0 Å². The van der Waals surface area contributed by atoms with Crippen molar-refractivity contribution in [2.45, 2.75) is 56.5 Å². The first-order chi connectivity index (χ1) is 10.2. The lowest BCUT2D eigenvalue weighted by atomic mass is 10.2. The molecule has 4 heteroatoms. The van der Waals surface area contributed by atoms with Crippen LogP contribution in [0, 0.1) is 6.92 Å². The molecule has 1 heterocycles. The van der Waals surface area contributed by atoms with Gasteiger partial charge in [0.15, 0.2) is 0 Å². The highest BCUT2D eigenvalue weighted by Gasteiger charge is 2.19. The number of hydrogen-bond acceptors (Lipinski definition) is 3. The van der Waals surface area contributed by atoms with Crippen LogP contribution in [0.5, 0.6) is 0 Å². The Balaban J connectivity index is 1.54. The van der Waals surface area contributed by atoms with E-state index in [4.69, 9.17) is 0 Å². The SMILES string of the molecule is CCn1nc(C)cc1CSc1ccc(CNC2CC2)cc1. The highest BCUT2D eigenvalue weighted by Crippen LogP contribution is 2.24. The Morgan fingerprint density at radius 1 is 1.29 bits per heavy atom. The second kappa shape index (κ2) is 6.67. The summed E-state index contributed by atoms with van der Waals surface area (Å²) in [4.78, 5) is 1.33. The molecule has 0 unspecified atom stereocenters. The number of thioether (sulfide) groups is 1. The monoisotopic (exact) mass is 301 g/mol. The van der Waals surface area contributed by atoms with Gasteiger partial charge in [0.05, 0.1) is 5.69 Å². The Morgan fingerprint density at radius 3 is 2.71 bits per heavy atom. The molecule has 1 aromatic heterocycles. The van der Waals surface area contributed by atoms with Gasteiger partial charge in [-0.3, -0.25) is 4.68 Å². The van der Waals surface area contributed by atoms with E-state index >= 15 is 0 Å². The molecular weight excluding hydrogens is 278 g/mol. The molecule has 0 bridgehead atoms. The van der Waals surface area contributed by atoms with Crippen molar-refractivity contribution in [2.75, 3.05) is 0 Å². The Bertz CT molecular complexity index is 585. The van der Waals surface area contributed by atoms with Crippen molar-refractivity contribution < 1.29 is 0 Å². The van der Waals surface area contributed by atoms with Crippen molar-refractivity contribution in [3.8, 4) is 0 Å². The van der Waals surface area contributed by atoms with Crippen LogP contribution in [0.15, 0.2) is 35.2 Å². The molecule has 3 rings (SSSR count). The summed E-state index contributed by atoms with van der Waals surface area (Å²) in [5, 5.41) is 8.05. The van der Waals surface area contributed by atoms with Gasteiger partial charge in [0.1, 0.15) is 0 Å². The Hall–Kier alpha value is -1.26. The first-order valence-corrected chi connectivity index (χ1v) is 8.71. The topological polar surface area (TPSA) is 29.9 Å². The third kappa shape index (κ3) is 4.11. The fourth-order valence-electron chi connectivity index (χ4n) is 2.40. The summed E-state index contributed by atoms with van der Waals surface area (Å²) in [6.07, 6.45) is 2.69. The number of aromatic nitrogens is 2. The van der Waals surface area contributed by atoms with Gasteiger partial charge >= 0.3 is 0 Å². The average Bonchev–Trinajstić information content (AvgIpc) is 3.26. The van der Waals surface area contributed by atoms with Gasteiger partial charge < -0.3 is 5.32 Å². The van der Waals surface area contributed by atoms with Crippen molar-refractivity contribution in [1.82, 2.24) is 15.1 Å². The normalized spacial score (nSPS) is 14.6. The van der Waals surface area contributed by atoms with E-state index in [2.05, 4.69) is 59.3 Å². The van der Waals surface area contributed by atoms with Gasteiger partial charge in [-0.1, -0.05) is 12.1 Å². The molecule has 0 spiro atoms. The molecule has 0 amide bonds. The van der Waals surface area contributed by atoms with Crippen LogP contribution in [0.25, 0.3) is 0 Å². The van der Waals surface area contributed by atoms with Crippen molar-refractivity contribution in [3.05, 3.63) is 47.3 Å². The van der Waals surface area contributed by atoms with Gasteiger partial charge in [0, 0.05) is 35.5 Å². The molecule has 1 saturated carbocycles. The third-order valence-corrected chi connectivity index (χ3v) is 4.81. The molecule has 112 valence electrons. The van der Waals surface area contributed by atoms with Crippen LogP contribution in [-0.4, -0.2) is 15.8 Å². The van der Waals surface area contributed by atoms with E-state index in [-0.39, 0.29) is 0 Å². The zero-order valence-corrected chi connectivity index (χ0v) is 13.6. The fourth-order valence-corrected chi connectivity index (χ4v) is 3.27. The number of nitrogens with zero attached hydrogens (tertiary/aromatic N) is 2. The Labute approximate surface area is 131 Å². The number of nitrogens with one attached hydrogen (secondary N) is 1. The average molecular weight is 301 g/mol. The second-order valence-corrected chi connectivity index (χ2v) is 6.73. The summed E-state index contributed by atoms with van der Waals surface area (Å²) < 4.78 is 2.09. The van der Waals surface area contributed by atoms with E-state index in [0.29, 0.717) is 0 Å². The maximum Gasteiger partial charge on any atom is 0.0596 e. The standard InChI is InChI=1S/C17H23N3S/c1-3-20-16(10-13(2)19-20)12-21-17-8-4-14(5-9-17)11-18-15-6-7-15/h4-5,8-10,15,18H,3,6-7,11-12H2,1-2H3. The van der Waals surface area contributed by atoms with Crippen LogP contribution < -0.4 is 5.32 Å². The lowest BCUT2D eigenvalue weighted by molar-refractivity contribution is 0.632. The van der Waals surface area contributed by atoms with E-state index in [1.165, 1.54) is 29.0 Å². The van der Waals surface area contributed by atoms with Gasteiger partial charge in [-0.15, -0.1) is 11.8 Å². The van der Waals surface area contributed by atoms with E-state index in [1.54, 1.807) is 0 Å². The summed E-state index contributed by atoms with van der Waals surface area (Å²) in [5.74, 6) is 0.981. The number of aryl methyl sites for hydroxylation is 2. The molecule has 1 fully saturated rings. The molecule has 0 radical (unpaired) electrons. The van der Waals surface area contributed by atoms with Crippen molar-refractivity contribution >= 4 is 11.8 Å². The largest absolute Gasteiger partial charge is 0.310 e. The number of benzene rings is 1. The quantitative estimate of drug-likeness (QED) is 0.790. The molecule has 1 N–H and O–H groups in total. The predicted octanol–water partition coefficient (Wildman–Crippen LogP) is 3.76. The molecule has 1 aromatic carbocycles. The van der Waals surface area contributed by atoms with E-state index in [1.807, 2.05) is 11.8 Å². The highest BCUT2D eigenvalue weighted by atomic mass is 32.2. The molecule has 2 aromatic rings. The zero-order valence-electron chi connectivity index (χ0n) is 12.8. The second-order valence-electron chi connectivity index (χ2n) is 5.68. The maximum atomic E-state index is 4.50. The summed E-state index contributed by atoms with van der Waals surface area (Å²) in [7, 11) is 0. The zero-order chi connectivity index (χ0) is 14.7. The minimum atomic E-state index is 0.775. The first kappa shape index (κ1) is 14.7. The van der Waals surface area contributed by atoms with Crippen molar-refractivity contribution in [3.63, 3.8) is 0 Å². The van der Waals surface area contributed by atoms with Crippen LogP contribution in [-0.2, 0) is 18.8 Å². The lowest BCUT2D eigenvalue weighted by Crippen LogP contribution is -2.14. The van der Waals surface area contributed by atoms with Crippen LogP contribution in [0.3, 0.4) is 0 Å². The number of rotatable bonds is 7. The summed E-state index contributed by atoms with van der Waals surface area (Å²) in [5.41, 5.74) is 3.79. The third-order valence-electron chi connectivity index (χ3n) is 3.77. The molecule has 0 atom stereocenters. The van der Waals surface area contributed by atoms with Crippen LogP contribution in [0.1, 0.15) is 36.7 Å². The van der Waals surface area contributed by atoms with Gasteiger partial charge in [-0.05, 0) is 50.5 Å². The molecule has 21 heavy (non-hydrogen) atoms. The summed E-state index contributed by atoms with van der Waals surface area (Å²) in [6.45, 7) is 6.14. The van der Waals surface area contributed by atoms with Gasteiger partial charge in [0.2, 0.25) is 0 Å². The smallest absolute Gasteiger partial charge is 0.0596 e. The maximum absolute atomic E-state index is 4.50. The molecular formula is C17H23N3S. The summed E-state index contributed by atoms with van der Waals surface area (Å²) in [6, 6.07) is 11.9. The van der Waals surface area contributed by atoms with E-state index < -0.39 is 0 Å². The first-order valence-electron chi connectivity index (χ1n) is 7.73.